The van der Waals surface area contributed by atoms with Crippen molar-refractivity contribution in [3.05, 3.63) is 42.0 Å². The van der Waals surface area contributed by atoms with Crippen molar-refractivity contribution in [2.24, 2.45) is 0 Å². The van der Waals surface area contributed by atoms with Crippen molar-refractivity contribution < 1.29 is 8.42 Å². The summed E-state index contributed by atoms with van der Waals surface area (Å²) in [5.74, 6) is 1.85. The maximum absolute atomic E-state index is 12.5. The molecule has 0 spiro atoms. The van der Waals surface area contributed by atoms with Crippen molar-refractivity contribution in [1.82, 2.24) is 19.7 Å². The number of benzene rings is 1. The van der Waals surface area contributed by atoms with Crippen LogP contribution in [0.4, 0.5) is 0 Å². The Balaban J connectivity index is 1.63. The Kier molecular flexibility index (Phi) is 5.01. The summed E-state index contributed by atoms with van der Waals surface area (Å²) in [6.45, 7) is 6.13. The van der Waals surface area contributed by atoms with Gasteiger partial charge in [0.1, 0.15) is 11.6 Å². The van der Waals surface area contributed by atoms with Crippen molar-refractivity contribution in [1.29, 1.82) is 0 Å². The summed E-state index contributed by atoms with van der Waals surface area (Å²) in [7, 11) is -3.22. The van der Waals surface area contributed by atoms with Crippen LogP contribution in [0.1, 0.15) is 24.5 Å². The van der Waals surface area contributed by atoms with Crippen molar-refractivity contribution in [3.63, 3.8) is 0 Å². The highest BCUT2D eigenvalue weighted by Crippen LogP contribution is 2.20. The number of aryl methyl sites for hydroxylation is 2. The molecule has 0 bridgehead atoms. The molecule has 2 heterocycles. The first-order chi connectivity index (χ1) is 11.5. The minimum Gasteiger partial charge on any atom is -0.298 e. The normalized spacial score (nSPS) is 19.0. The highest BCUT2D eigenvalue weighted by Gasteiger charge is 2.27. The Hall–Kier alpha value is -1.73. The van der Waals surface area contributed by atoms with Crippen LogP contribution in [0.3, 0.4) is 0 Å². The lowest BCUT2D eigenvalue weighted by Crippen LogP contribution is -2.36. The molecule has 2 aromatic rings. The highest BCUT2D eigenvalue weighted by molar-refractivity contribution is 7.91. The number of hydrogen-bond donors (Lipinski definition) is 0. The lowest BCUT2D eigenvalue weighted by Gasteiger charge is -2.24. The van der Waals surface area contributed by atoms with Crippen molar-refractivity contribution >= 4 is 9.84 Å². The average Bonchev–Trinajstić information content (AvgIpc) is 3.13. The van der Waals surface area contributed by atoms with E-state index in [1.165, 1.54) is 0 Å². The third kappa shape index (κ3) is 3.84. The fourth-order valence-electron chi connectivity index (χ4n) is 3.31. The monoisotopic (exact) mass is 348 g/mol. The van der Waals surface area contributed by atoms with E-state index in [1.54, 1.807) is 24.3 Å². The molecule has 0 amide bonds. The Morgan fingerprint density at radius 3 is 2.62 bits per heavy atom. The van der Waals surface area contributed by atoms with Crippen LogP contribution in [0, 0.1) is 13.8 Å². The summed E-state index contributed by atoms with van der Waals surface area (Å²) in [6, 6.07) is 9.02. The van der Waals surface area contributed by atoms with E-state index >= 15 is 0 Å². The molecule has 1 fully saturated rings. The van der Waals surface area contributed by atoms with Gasteiger partial charge in [0.25, 0.3) is 0 Å². The molecule has 1 saturated heterocycles. The fraction of sp³-hybridized carbons (Fsp3) is 0.529. The molecule has 6 nitrogen and oxygen atoms in total. The zero-order valence-electron chi connectivity index (χ0n) is 14.2. The van der Waals surface area contributed by atoms with Gasteiger partial charge in [-0.2, -0.15) is 5.10 Å². The number of nitrogens with zero attached hydrogens (tertiary/aromatic N) is 4. The Morgan fingerprint density at radius 2 is 1.96 bits per heavy atom. The van der Waals surface area contributed by atoms with E-state index < -0.39 is 9.84 Å². The highest BCUT2D eigenvalue weighted by atomic mass is 32.2. The number of likely N-dealkylation sites (tertiary alicyclic amines) is 1. The van der Waals surface area contributed by atoms with Crippen LogP contribution in [0.5, 0.6) is 0 Å². The van der Waals surface area contributed by atoms with Gasteiger partial charge in [-0.1, -0.05) is 18.2 Å². The molecule has 0 saturated carbocycles. The minimum absolute atomic E-state index is 0.156. The van der Waals surface area contributed by atoms with E-state index in [9.17, 15) is 8.42 Å². The summed E-state index contributed by atoms with van der Waals surface area (Å²) in [5.41, 5.74) is 0. The van der Waals surface area contributed by atoms with Crippen LogP contribution in [-0.2, 0) is 16.4 Å². The van der Waals surface area contributed by atoms with Gasteiger partial charge in [-0.3, -0.25) is 4.90 Å². The molecular formula is C17H24N4O2S. The van der Waals surface area contributed by atoms with Gasteiger partial charge in [-0.25, -0.2) is 18.1 Å². The predicted molar refractivity (Wildman–Crippen MR) is 92.6 cm³/mol. The molecule has 7 heteroatoms. The predicted octanol–water partition coefficient (Wildman–Crippen LogP) is 1.83. The van der Waals surface area contributed by atoms with Gasteiger partial charge in [0.2, 0.25) is 0 Å². The molecule has 1 aliphatic rings. The molecule has 1 aromatic carbocycles. The zero-order valence-corrected chi connectivity index (χ0v) is 15.0. The molecule has 1 aromatic heterocycles. The molecular weight excluding hydrogens is 324 g/mol. The minimum atomic E-state index is -3.22. The molecule has 1 aliphatic heterocycles. The first kappa shape index (κ1) is 17.1. The molecule has 0 aliphatic carbocycles. The van der Waals surface area contributed by atoms with E-state index in [1.807, 2.05) is 24.6 Å². The first-order valence-electron chi connectivity index (χ1n) is 8.35. The van der Waals surface area contributed by atoms with E-state index in [0.717, 1.165) is 37.6 Å². The molecule has 130 valence electrons. The van der Waals surface area contributed by atoms with Crippen molar-refractivity contribution in [2.45, 2.75) is 44.2 Å². The van der Waals surface area contributed by atoms with Gasteiger partial charge in [0.15, 0.2) is 9.84 Å². The third-order valence-electron chi connectivity index (χ3n) is 4.59. The number of rotatable bonds is 6. The Bertz CT molecular complexity index is 786. The molecule has 3 rings (SSSR count). The summed E-state index contributed by atoms with van der Waals surface area (Å²) >= 11 is 0. The maximum atomic E-state index is 12.5. The summed E-state index contributed by atoms with van der Waals surface area (Å²) < 4.78 is 26.8. The first-order valence-corrected chi connectivity index (χ1v) is 10.0. The van der Waals surface area contributed by atoms with Gasteiger partial charge >= 0.3 is 0 Å². The largest absolute Gasteiger partial charge is 0.298 e. The Labute approximate surface area is 143 Å². The zero-order chi connectivity index (χ0) is 17.2. The molecule has 0 radical (unpaired) electrons. The van der Waals surface area contributed by atoms with E-state index in [-0.39, 0.29) is 5.75 Å². The standard InChI is InChI=1S/C17H24N4O2S/c1-14-18-15(2)21(19-14)13-16-7-6-10-20(16)11-12-24(22,23)17-8-4-3-5-9-17/h3-5,8-9,16H,6-7,10-13H2,1-2H3. The number of hydrogen-bond acceptors (Lipinski definition) is 5. The van der Waals surface area contributed by atoms with Crippen LogP contribution >= 0.6 is 0 Å². The van der Waals surface area contributed by atoms with Crippen LogP contribution in [0.25, 0.3) is 0 Å². The molecule has 1 atom stereocenters. The van der Waals surface area contributed by atoms with Gasteiger partial charge in [0.05, 0.1) is 17.2 Å². The summed E-state index contributed by atoms with van der Waals surface area (Å²) in [4.78, 5) is 7.02. The lowest BCUT2D eigenvalue weighted by atomic mass is 10.2. The smallest absolute Gasteiger partial charge is 0.179 e. The molecule has 24 heavy (non-hydrogen) atoms. The van der Waals surface area contributed by atoms with Crippen LogP contribution in [-0.4, -0.2) is 53.0 Å². The van der Waals surface area contributed by atoms with E-state index in [4.69, 9.17) is 0 Å². The van der Waals surface area contributed by atoms with Crippen molar-refractivity contribution in [3.8, 4) is 0 Å². The number of sulfone groups is 1. The Morgan fingerprint density at radius 1 is 1.21 bits per heavy atom. The second-order valence-electron chi connectivity index (χ2n) is 6.35. The second kappa shape index (κ2) is 7.03. The van der Waals surface area contributed by atoms with Gasteiger partial charge in [0, 0.05) is 12.6 Å². The van der Waals surface area contributed by atoms with Gasteiger partial charge in [-0.05, 0) is 45.4 Å². The quantitative estimate of drug-likeness (QED) is 0.797. The van der Waals surface area contributed by atoms with E-state index in [2.05, 4.69) is 15.0 Å². The average molecular weight is 348 g/mol. The molecule has 0 N–H and O–H groups in total. The third-order valence-corrected chi connectivity index (χ3v) is 6.31. The fourth-order valence-corrected chi connectivity index (χ4v) is 4.60. The van der Waals surface area contributed by atoms with Gasteiger partial charge in [-0.15, -0.1) is 0 Å². The van der Waals surface area contributed by atoms with Crippen LogP contribution in [0.2, 0.25) is 0 Å². The number of aromatic nitrogens is 3. The summed E-state index contributed by atoms with van der Waals surface area (Å²) in [6.07, 6.45) is 2.17. The van der Waals surface area contributed by atoms with Gasteiger partial charge < -0.3 is 0 Å². The summed E-state index contributed by atoms with van der Waals surface area (Å²) in [5, 5.41) is 4.43. The SMILES string of the molecule is Cc1nc(C)n(CC2CCCN2CCS(=O)(=O)c2ccccc2)n1. The van der Waals surface area contributed by atoms with Crippen LogP contribution in [0.15, 0.2) is 35.2 Å². The van der Waals surface area contributed by atoms with Crippen molar-refractivity contribution in [2.75, 3.05) is 18.8 Å². The van der Waals surface area contributed by atoms with E-state index in [0.29, 0.717) is 17.5 Å². The lowest BCUT2D eigenvalue weighted by molar-refractivity contribution is 0.237. The maximum Gasteiger partial charge on any atom is 0.179 e. The van der Waals surface area contributed by atoms with Crippen LogP contribution < -0.4 is 0 Å². The second-order valence-corrected chi connectivity index (χ2v) is 8.46. The molecule has 1 unspecified atom stereocenters. The topological polar surface area (TPSA) is 68.1 Å².